The zero-order valence-corrected chi connectivity index (χ0v) is 16.4. The zero-order valence-electron chi connectivity index (χ0n) is 12.5. The Bertz CT molecular complexity index is 413. The van der Waals surface area contributed by atoms with Gasteiger partial charge in [-0.2, -0.15) is 0 Å². The van der Waals surface area contributed by atoms with Crippen molar-refractivity contribution in [3.63, 3.8) is 0 Å². The first-order valence-electron chi connectivity index (χ1n) is 7.09. The van der Waals surface area contributed by atoms with E-state index < -0.39 is 26.5 Å². The molecule has 0 saturated heterocycles. The Balaban J connectivity index is 3.03. The molecule has 18 heavy (non-hydrogen) atoms. The van der Waals surface area contributed by atoms with Crippen LogP contribution >= 0.6 is 0 Å². The zero-order chi connectivity index (χ0) is 13.6. The summed E-state index contributed by atoms with van der Waals surface area (Å²) in [6.45, 7) is 11.8. The van der Waals surface area contributed by atoms with Gasteiger partial charge in [0.25, 0.3) is 0 Å². The molecule has 0 fully saturated rings. The third-order valence-corrected chi connectivity index (χ3v) is 20.9. The molecule has 2 heteroatoms. The van der Waals surface area contributed by atoms with Crippen LogP contribution in [0.25, 0.3) is 0 Å². The van der Waals surface area contributed by atoms with E-state index >= 15 is 0 Å². The van der Waals surface area contributed by atoms with Crippen LogP contribution in [0, 0.1) is 9.48 Å². The van der Waals surface area contributed by atoms with Crippen LogP contribution in [0.1, 0.15) is 20.8 Å². The van der Waals surface area contributed by atoms with E-state index in [1.807, 2.05) is 0 Å². The van der Waals surface area contributed by atoms with Crippen molar-refractivity contribution in [2.45, 2.75) is 47.2 Å². The summed E-state index contributed by atoms with van der Waals surface area (Å²) in [6.07, 6.45) is 0. The predicted molar refractivity (Wildman–Crippen MR) is 88.5 cm³/mol. The van der Waals surface area contributed by atoms with Crippen LogP contribution in [-0.2, 0) is 0 Å². The van der Waals surface area contributed by atoms with E-state index in [4.69, 9.17) is 0 Å². The second-order valence-electron chi connectivity index (χ2n) is 5.58. The number of rotatable bonds is 4. The summed E-state index contributed by atoms with van der Waals surface area (Å²) in [4.78, 5) is 0. The summed E-state index contributed by atoms with van der Waals surface area (Å²) in [5.41, 5.74) is 3.75. The third-order valence-electron chi connectivity index (χ3n) is 4.17. The summed E-state index contributed by atoms with van der Waals surface area (Å²) < 4.78 is 7.95. The maximum absolute atomic E-state index is 3.84. The van der Waals surface area contributed by atoms with Gasteiger partial charge in [0.05, 0.1) is 0 Å². The number of benzene rings is 1. The minimum absolute atomic E-state index is 1.37. The van der Waals surface area contributed by atoms with Gasteiger partial charge >= 0.3 is 119 Å². The third kappa shape index (κ3) is 3.89. The first-order valence-corrected chi connectivity index (χ1v) is 17.6. The summed E-state index contributed by atoms with van der Waals surface area (Å²) in [7, 11) is -1.55. The van der Waals surface area contributed by atoms with E-state index in [0.29, 0.717) is 0 Å². The van der Waals surface area contributed by atoms with Crippen molar-refractivity contribution < 1.29 is 0 Å². The van der Waals surface area contributed by atoms with Crippen molar-refractivity contribution in [3.05, 3.63) is 30.3 Å². The van der Waals surface area contributed by atoms with Gasteiger partial charge in [-0.25, -0.2) is 0 Å². The Kier molecular flexibility index (Phi) is 6.00. The van der Waals surface area contributed by atoms with Crippen LogP contribution in [0.4, 0.5) is 0 Å². The van der Waals surface area contributed by atoms with Crippen LogP contribution < -0.4 is 5.19 Å². The molecule has 0 amide bonds. The Morgan fingerprint density at radius 2 is 1.44 bits per heavy atom. The molecule has 0 nitrogen and oxygen atoms in total. The molecule has 0 aromatic heterocycles. The van der Waals surface area contributed by atoms with E-state index in [2.05, 4.69) is 73.7 Å². The second-order valence-corrected chi connectivity index (χ2v) is 23.7. The molecule has 0 saturated carbocycles. The van der Waals surface area contributed by atoms with Crippen LogP contribution in [0.5, 0.6) is 0 Å². The summed E-state index contributed by atoms with van der Waals surface area (Å²) in [6, 6.07) is 10.9. The first-order chi connectivity index (χ1) is 8.49. The van der Waals surface area contributed by atoms with E-state index in [-0.39, 0.29) is 0 Å². The molecule has 0 heterocycles. The van der Waals surface area contributed by atoms with Crippen molar-refractivity contribution in [2.75, 3.05) is 0 Å². The Morgan fingerprint density at radius 1 is 0.944 bits per heavy atom. The van der Waals surface area contributed by atoms with Crippen molar-refractivity contribution >= 4 is 31.6 Å². The predicted octanol–water partition coefficient (Wildman–Crippen LogP) is 4.19. The summed E-state index contributed by atoms with van der Waals surface area (Å²) in [5.74, 6) is 0. The normalized spacial score (nSPS) is 11.8. The summed E-state index contributed by atoms with van der Waals surface area (Å²) >= 11 is -2.07. The Morgan fingerprint density at radius 3 is 1.89 bits per heavy atom. The van der Waals surface area contributed by atoms with Gasteiger partial charge < -0.3 is 0 Å². The van der Waals surface area contributed by atoms with Crippen molar-refractivity contribution in [1.82, 2.24) is 0 Å². The average molecular weight is 365 g/mol. The minimum atomic E-state index is -2.07. The van der Waals surface area contributed by atoms with E-state index in [0.717, 1.165) is 0 Å². The number of hydrogen-bond acceptors (Lipinski definition) is 0. The van der Waals surface area contributed by atoms with Gasteiger partial charge in [-0.05, 0) is 0 Å². The SMILES string of the molecule is C[CH2][Sn]([C]#C[Si](C)(C)c1ccccc1)([CH2]C)[CH2]C. The van der Waals surface area contributed by atoms with Gasteiger partial charge in [-0.15, -0.1) is 0 Å². The number of hydrogen-bond donors (Lipinski definition) is 0. The van der Waals surface area contributed by atoms with Crippen LogP contribution in [0.15, 0.2) is 30.3 Å². The van der Waals surface area contributed by atoms with Crippen LogP contribution in [0.2, 0.25) is 26.4 Å². The molecule has 0 N–H and O–H groups in total. The molecular weight excluding hydrogens is 339 g/mol. The Hall–Kier alpha value is -0.204. The monoisotopic (exact) mass is 366 g/mol. The molecule has 0 aliphatic heterocycles. The van der Waals surface area contributed by atoms with Crippen molar-refractivity contribution in [1.29, 1.82) is 0 Å². The van der Waals surface area contributed by atoms with Gasteiger partial charge in [-0.3, -0.25) is 0 Å². The molecule has 0 atom stereocenters. The molecule has 0 spiro atoms. The van der Waals surface area contributed by atoms with E-state index in [9.17, 15) is 0 Å². The van der Waals surface area contributed by atoms with Gasteiger partial charge in [0.2, 0.25) is 0 Å². The molecular formula is C16H26SiSn. The topological polar surface area (TPSA) is 0 Å². The quantitative estimate of drug-likeness (QED) is 0.555. The van der Waals surface area contributed by atoms with E-state index in [1.165, 1.54) is 18.5 Å². The fourth-order valence-electron chi connectivity index (χ4n) is 2.23. The van der Waals surface area contributed by atoms with Gasteiger partial charge in [0.1, 0.15) is 0 Å². The van der Waals surface area contributed by atoms with Gasteiger partial charge in [0.15, 0.2) is 0 Å². The molecule has 0 aliphatic rings. The molecule has 1 rings (SSSR count). The van der Waals surface area contributed by atoms with Crippen molar-refractivity contribution in [3.8, 4) is 9.48 Å². The molecule has 0 bridgehead atoms. The molecule has 0 radical (unpaired) electrons. The van der Waals surface area contributed by atoms with Crippen molar-refractivity contribution in [2.24, 2.45) is 0 Å². The second kappa shape index (κ2) is 6.82. The van der Waals surface area contributed by atoms with Gasteiger partial charge in [0, 0.05) is 0 Å². The fourth-order valence-corrected chi connectivity index (χ4v) is 14.7. The molecule has 0 unspecified atom stereocenters. The molecule has 0 aliphatic carbocycles. The van der Waals surface area contributed by atoms with E-state index in [1.54, 1.807) is 0 Å². The Labute approximate surface area is 118 Å². The van der Waals surface area contributed by atoms with Gasteiger partial charge in [-0.1, -0.05) is 0 Å². The van der Waals surface area contributed by atoms with Crippen LogP contribution in [-0.4, -0.2) is 26.5 Å². The molecule has 98 valence electrons. The van der Waals surface area contributed by atoms with Crippen LogP contribution in [0.3, 0.4) is 0 Å². The average Bonchev–Trinajstić information content (AvgIpc) is 2.42. The first kappa shape index (κ1) is 15.9. The fraction of sp³-hybridized carbons (Fsp3) is 0.500. The summed E-state index contributed by atoms with van der Waals surface area (Å²) in [5, 5.41) is 1.47. The standard InChI is InChI=1S/C10H11Si.3C2H5.Sn/c1-4-11(2,3)10-8-6-5-7-9-10;3*1-2;/h5-9H,2-3H3;3*1H2,2H3;. The maximum atomic E-state index is 3.84. The molecule has 1 aromatic rings. The molecule has 1 aromatic carbocycles.